The van der Waals surface area contributed by atoms with Gasteiger partial charge in [0.1, 0.15) is 11.6 Å². The smallest absolute Gasteiger partial charge is 0.242 e. The highest BCUT2D eigenvalue weighted by Crippen LogP contribution is 2.30. The Hall–Kier alpha value is -2.63. The molecule has 0 amide bonds. The van der Waals surface area contributed by atoms with Crippen molar-refractivity contribution in [2.45, 2.75) is 56.1 Å². The first-order valence-electron chi connectivity index (χ1n) is 10.8. The number of hydrogen-bond donors (Lipinski definition) is 0. The summed E-state index contributed by atoms with van der Waals surface area (Å²) in [6, 6.07) is 7.05. The summed E-state index contributed by atoms with van der Waals surface area (Å²) < 4.78 is 36.0. The van der Waals surface area contributed by atoms with Crippen LogP contribution in [0.25, 0.3) is 22.4 Å². The molecule has 0 aliphatic rings. The maximum atomic E-state index is 12.6. The highest BCUT2D eigenvalue weighted by molar-refractivity contribution is 7.98. The molecule has 0 N–H and O–H groups in total. The van der Waals surface area contributed by atoms with E-state index in [0.717, 1.165) is 53.2 Å². The number of hydrogen-bond acceptors (Lipinski definition) is 7. The van der Waals surface area contributed by atoms with Crippen LogP contribution in [0.4, 0.5) is 0 Å². The first-order valence-corrected chi connectivity index (χ1v) is 13.2. The molecule has 0 aliphatic heterocycles. The zero-order chi connectivity index (χ0) is 23.8. The van der Waals surface area contributed by atoms with Gasteiger partial charge in [-0.3, -0.25) is 0 Å². The molecule has 9 nitrogen and oxygen atoms in total. The van der Waals surface area contributed by atoms with Crippen molar-refractivity contribution in [1.29, 1.82) is 0 Å². The molecule has 1 aromatic carbocycles. The summed E-state index contributed by atoms with van der Waals surface area (Å²) in [6.45, 7) is 7.61. The van der Waals surface area contributed by atoms with Crippen molar-refractivity contribution in [1.82, 2.24) is 28.6 Å². The van der Waals surface area contributed by atoms with Crippen molar-refractivity contribution < 1.29 is 12.8 Å². The Balaban J connectivity index is 1.67. The molecule has 0 bridgehead atoms. The second kappa shape index (κ2) is 9.32. The molecule has 0 radical (unpaired) electrons. The maximum Gasteiger partial charge on any atom is 0.242 e. The molecule has 0 atom stereocenters. The Labute approximate surface area is 197 Å². The molecule has 3 aromatic heterocycles. The van der Waals surface area contributed by atoms with Crippen LogP contribution < -0.4 is 0 Å². The lowest BCUT2D eigenvalue weighted by atomic mass is 10.2. The van der Waals surface area contributed by atoms with Gasteiger partial charge in [-0.05, 0) is 44.5 Å². The normalized spacial score (nSPS) is 12.3. The van der Waals surface area contributed by atoms with Gasteiger partial charge in [0.15, 0.2) is 11.0 Å². The Morgan fingerprint density at radius 2 is 1.91 bits per heavy atom. The van der Waals surface area contributed by atoms with Crippen molar-refractivity contribution in [2.24, 2.45) is 0 Å². The van der Waals surface area contributed by atoms with Crippen LogP contribution in [0.3, 0.4) is 0 Å². The van der Waals surface area contributed by atoms with E-state index in [0.29, 0.717) is 11.3 Å². The van der Waals surface area contributed by atoms with E-state index in [1.54, 1.807) is 30.2 Å². The van der Waals surface area contributed by atoms with E-state index in [1.165, 1.54) is 18.4 Å². The number of furan rings is 1. The minimum Gasteiger partial charge on any atom is -0.469 e. The fraction of sp³-hybridized carbons (Fsp3) is 0.409. The van der Waals surface area contributed by atoms with Crippen LogP contribution in [0, 0.1) is 6.92 Å². The number of nitrogens with zero attached hydrogens (tertiary/aromatic N) is 6. The summed E-state index contributed by atoms with van der Waals surface area (Å²) in [6.07, 6.45) is 2.60. The monoisotopic (exact) mass is 488 g/mol. The Morgan fingerprint density at radius 1 is 1.12 bits per heavy atom. The van der Waals surface area contributed by atoms with E-state index < -0.39 is 10.0 Å². The zero-order valence-corrected chi connectivity index (χ0v) is 21.1. The van der Waals surface area contributed by atoms with E-state index in [4.69, 9.17) is 9.40 Å². The quantitative estimate of drug-likeness (QED) is 0.326. The molecule has 0 aliphatic carbocycles. The van der Waals surface area contributed by atoms with Crippen molar-refractivity contribution >= 4 is 32.8 Å². The van der Waals surface area contributed by atoms with Gasteiger partial charge in [-0.2, -0.15) is 0 Å². The van der Waals surface area contributed by atoms with Gasteiger partial charge in [-0.15, -0.1) is 10.2 Å². The molecule has 0 spiro atoms. The first kappa shape index (κ1) is 23.5. The van der Waals surface area contributed by atoms with E-state index in [1.807, 2.05) is 19.1 Å². The van der Waals surface area contributed by atoms with Crippen LogP contribution in [0.2, 0.25) is 0 Å². The lowest BCUT2D eigenvalue weighted by molar-refractivity contribution is 0.521. The number of sulfonamides is 1. The molecule has 0 fully saturated rings. The van der Waals surface area contributed by atoms with Gasteiger partial charge in [-0.1, -0.05) is 18.7 Å². The highest BCUT2D eigenvalue weighted by atomic mass is 32.2. The number of benzene rings is 1. The number of aromatic nitrogens is 5. The van der Waals surface area contributed by atoms with Crippen molar-refractivity contribution in [3.05, 3.63) is 42.1 Å². The van der Waals surface area contributed by atoms with Gasteiger partial charge in [0.05, 0.1) is 33.5 Å². The fourth-order valence-electron chi connectivity index (χ4n) is 3.74. The molecule has 3 heterocycles. The number of rotatable bonds is 9. The molecule has 4 aromatic rings. The van der Waals surface area contributed by atoms with Crippen molar-refractivity contribution in [3.63, 3.8) is 0 Å². The van der Waals surface area contributed by atoms with Gasteiger partial charge in [0.2, 0.25) is 10.0 Å². The van der Waals surface area contributed by atoms with Crippen LogP contribution in [0.15, 0.2) is 45.0 Å². The predicted molar refractivity (Wildman–Crippen MR) is 129 cm³/mol. The van der Waals surface area contributed by atoms with Crippen LogP contribution in [-0.4, -0.2) is 51.1 Å². The second-order valence-electron chi connectivity index (χ2n) is 7.85. The summed E-state index contributed by atoms with van der Waals surface area (Å²) in [7, 11) is -0.465. The van der Waals surface area contributed by atoms with Gasteiger partial charge in [0, 0.05) is 27.2 Å². The SMILES string of the molecule is CCCn1c(CSc2nnc(-c3ccoc3C)n2CC)nc2cc(S(=O)(=O)N(C)C)ccc21. The molecule has 0 saturated heterocycles. The molecular weight excluding hydrogens is 460 g/mol. The zero-order valence-electron chi connectivity index (χ0n) is 19.4. The summed E-state index contributed by atoms with van der Waals surface area (Å²) in [5.74, 6) is 3.06. The van der Waals surface area contributed by atoms with Crippen LogP contribution in [0.1, 0.15) is 31.9 Å². The van der Waals surface area contributed by atoms with Crippen molar-refractivity contribution in [3.8, 4) is 11.4 Å². The predicted octanol–water partition coefficient (Wildman–Crippen LogP) is 4.17. The largest absolute Gasteiger partial charge is 0.469 e. The Kier molecular flexibility index (Phi) is 6.64. The highest BCUT2D eigenvalue weighted by Gasteiger charge is 2.21. The average Bonchev–Trinajstić information content (AvgIpc) is 3.48. The van der Waals surface area contributed by atoms with Crippen LogP contribution >= 0.6 is 11.8 Å². The lowest BCUT2D eigenvalue weighted by Gasteiger charge is -2.11. The molecule has 0 unspecified atom stereocenters. The third kappa shape index (κ3) is 4.32. The molecule has 4 rings (SSSR count). The molecule has 33 heavy (non-hydrogen) atoms. The van der Waals surface area contributed by atoms with Crippen LogP contribution in [0.5, 0.6) is 0 Å². The van der Waals surface area contributed by atoms with E-state index >= 15 is 0 Å². The van der Waals surface area contributed by atoms with E-state index in [9.17, 15) is 8.42 Å². The molecule has 0 saturated carbocycles. The second-order valence-corrected chi connectivity index (χ2v) is 10.9. The topological polar surface area (TPSA) is 99.0 Å². The maximum absolute atomic E-state index is 12.6. The van der Waals surface area contributed by atoms with E-state index in [-0.39, 0.29) is 4.90 Å². The van der Waals surface area contributed by atoms with Crippen molar-refractivity contribution in [2.75, 3.05) is 14.1 Å². The Morgan fingerprint density at radius 3 is 2.55 bits per heavy atom. The van der Waals surface area contributed by atoms with Gasteiger partial charge in [-0.25, -0.2) is 17.7 Å². The molecule has 176 valence electrons. The molecular formula is C22H28N6O3S2. The minimum absolute atomic E-state index is 0.242. The first-order chi connectivity index (χ1) is 15.8. The number of fused-ring (bicyclic) bond motifs is 1. The number of thioether (sulfide) groups is 1. The van der Waals surface area contributed by atoms with Gasteiger partial charge in [0.25, 0.3) is 0 Å². The van der Waals surface area contributed by atoms with Crippen LogP contribution in [-0.2, 0) is 28.9 Å². The summed E-state index contributed by atoms with van der Waals surface area (Å²) in [4.78, 5) is 5.03. The van der Waals surface area contributed by atoms with Gasteiger partial charge < -0.3 is 13.6 Å². The minimum atomic E-state index is -3.52. The molecule has 11 heteroatoms. The lowest BCUT2D eigenvalue weighted by Crippen LogP contribution is -2.22. The summed E-state index contributed by atoms with van der Waals surface area (Å²) >= 11 is 1.57. The van der Waals surface area contributed by atoms with Gasteiger partial charge >= 0.3 is 0 Å². The Bertz CT molecular complexity index is 1380. The number of imidazole rings is 1. The standard InChI is InChI=1S/C22H28N6O3S2/c1-6-11-28-19-9-8-16(33(29,30)26(4)5)13-18(19)23-20(28)14-32-22-25-24-21(27(22)7-2)17-10-12-31-15(17)3/h8-10,12-13H,6-7,11,14H2,1-5H3. The number of aryl methyl sites for hydroxylation is 2. The summed E-state index contributed by atoms with van der Waals surface area (Å²) in [5.41, 5.74) is 2.54. The third-order valence-electron chi connectivity index (χ3n) is 5.49. The fourth-order valence-corrected chi connectivity index (χ4v) is 5.61. The van der Waals surface area contributed by atoms with E-state index in [2.05, 4.69) is 33.2 Å². The third-order valence-corrected chi connectivity index (χ3v) is 8.26. The summed E-state index contributed by atoms with van der Waals surface area (Å²) in [5, 5.41) is 9.60. The average molecular weight is 489 g/mol.